The molecule has 0 atom stereocenters. The fourth-order valence-corrected chi connectivity index (χ4v) is 0.634. The second kappa shape index (κ2) is 3.39. The van der Waals surface area contributed by atoms with Gasteiger partial charge in [0, 0.05) is 0 Å². The van der Waals surface area contributed by atoms with Gasteiger partial charge in [-0.3, -0.25) is 0 Å². The van der Waals surface area contributed by atoms with Crippen molar-refractivity contribution in [3.8, 4) is 0 Å². The molecule has 0 unspecified atom stereocenters. The molecule has 1 rings (SSSR count). The molecule has 11 heavy (non-hydrogen) atoms. The Morgan fingerprint density at radius 3 is 2.91 bits per heavy atom. The summed E-state index contributed by atoms with van der Waals surface area (Å²) in [6.07, 6.45) is 1.77. The highest BCUT2D eigenvalue weighted by molar-refractivity contribution is 5.32. The first-order valence-corrected chi connectivity index (χ1v) is 3.50. The lowest BCUT2D eigenvalue weighted by molar-refractivity contribution is 0.0659. The van der Waals surface area contributed by atoms with Crippen LogP contribution in [0.15, 0.2) is 10.7 Å². The van der Waals surface area contributed by atoms with Crippen molar-refractivity contribution in [2.24, 2.45) is 0 Å². The molecule has 0 saturated carbocycles. The van der Waals surface area contributed by atoms with Crippen LogP contribution in [-0.4, -0.2) is 11.3 Å². The summed E-state index contributed by atoms with van der Waals surface area (Å²) in [5.41, 5.74) is 6.22. The Kier molecular flexibility index (Phi) is 2.48. The number of anilines is 1. The summed E-state index contributed by atoms with van der Waals surface area (Å²) < 4.78 is 9.93. The third kappa shape index (κ3) is 2.23. The van der Waals surface area contributed by atoms with Gasteiger partial charge in [-0.1, -0.05) is 5.16 Å². The molecule has 1 aromatic rings. The van der Waals surface area contributed by atoms with Crippen LogP contribution in [0.2, 0.25) is 0 Å². The van der Waals surface area contributed by atoms with Crippen molar-refractivity contribution in [3.05, 3.63) is 11.8 Å². The van der Waals surface area contributed by atoms with E-state index in [4.69, 9.17) is 10.5 Å². The fraction of sp³-hybridized carbons (Fsp3) is 0.571. The maximum absolute atomic E-state index is 5.42. The van der Waals surface area contributed by atoms with Gasteiger partial charge in [0.15, 0.2) is 0 Å². The number of nitrogens with zero attached hydrogens (tertiary/aromatic N) is 1. The smallest absolute Gasteiger partial charge is 0.227 e. The molecule has 0 aromatic carbocycles. The normalized spacial score (nSPS) is 10.8. The van der Waals surface area contributed by atoms with E-state index in [1.807, 2.05) is 13.8 Å². The Bertz CT molecular complexity index is 220. The van der Waals surface area contributed by atoms with Crippen LogP contribution in [0.4, 0.5) is 5.88 Å². The minimum Gasteiger partial charge on any atom is -0.374 e. The molecule has 0 aliphatic carbocycles. The molecule has 0 fully saturated rings. The SMILES string of the molecule is CC(C)OCc1cnoc1N. The third-order valence-corrected chi connectivity index (χ3v) is 1.25. The van der Waals surface area contributed by atoms with E-state index in [0.717, 1.165) is 5.56 Å². The van der Waals surface area contributed by atoms with Gasteiger partial charge in [-0.2, -0.15) is 0 Å². The molecule has 0 aliphatic rings. The third-order valence-electron chi connectivity index (χ3n) is 1.25. The maximum atomic E-state index is 5.42. The molecule has 1 heterocycles. The first-order chi connectivity index (χ1) is 5.20. The average molecular weight is 156 g/mol. The standard InChI is InChI=1S/C7H12N2O2/c1-5(2)10-4-6-3-9-11-7(6)8/h3,5H,4,8H2,1-2H3. The van der Waals surface area contributed by atoms with E-state index in [-0.39, 0.29) is 6.10 Å². The van der Waals surface area contributed by atoms with Gasteiger partial charge in [-0.05, 0) is 13.8 Å². The van der Waals surface area contributed by atoms with Crippen molar-refractivity contribution in [2.45, 2.75) is 26.6 Å². The van der Waals surface area contributed by atoms with Crippen molar-refractivity contribution >= 4 is 5.88 Å². The zero-order valence-electron chi connectivity index (χ0n) is 6.70. The Morgan fingerprint density at radius 2 is 2.45 bits per heavy atom. The highest BCUT2D eigenvalue weighted by Gasteiger charge is 2.03. The van der Waals surface area contributed by atoms with E-state index < -0.39 is 0 Å². The Hall–Kier alpha value is -1.03. The number of hydrogen-bond acceptors (Lipinski definition) is 4. The number of nitrogens with two attached hydrogens (primary N) is 1. The van der Waals surface area contributed by atoms with Crippen LogP contribution in [0.3, 0.4) is 0 Å². The Balaban J connectivity index is 2.44. The van der Waals surface area contributed by atoms with E-state index >= 15 is 0 Å². The van der Waals surface area contributed by atoms with E-state index in [2.05, 4.69) is 9.68 Å². The highest BCUT2D eigenvalue weighted by atomic mass is 16.5. The van der Waals surface area contributed by atoms with Crippen LogP contribution in [0, 0.1) is 0 Å². The summed E-state index contributed by atoms with van der Waals surface area (Å²) in [5.74, 6) is 0.339. The second-order valence-corrected chi connectivity index (χ2v) is 2.58. The molecule has 0 aliphatic heterocycles. The molecular weight excluding hydrogens is 144 g/mol. The van der Waals surface area contributed by atoms with Crippen LogP contribution in [0.1, 0.15) is 19.4 Å². The van der Waals surface area contributed by atoms with Crippen LogP contribution in [0.5, 0.6) is 0 Å². The number of ether oxygens (including phenoxy) is 1. The molecule has 1 aromatic heterocycles. The average Bonchev–Trinajstić information content (AvgIpc) is 2.31. The summed E-state index contributed by atoms with van der Waals surface area (Å²) >= 11 is 0. The van der Waals surface area contributed by atoms with Gasteiger partial charge in [0.1, 0.15) is 0 Å². The van der Waals surface area contributed by atoms with E-state index in [9.17, 15) is 0 Å². The summed E-state index contributed by atoms with van der Waals surface area (Å²) in [6.45, 7) is 4.39. The first kappa shape index (κ1) is 8.07. The quantitative estimate of drug-likeness (QED) is 0.713. The van der Waals surface area contributed by atoms with Gasteiger partial charge < -0.3 is 15.0 Å². The van der Waals surface area contributed by atoms with Crippen LogP contribution >= 0.6 is 0 Å². The van der Waals surface area contributed by atoms with E-state index in [1.54, 1.807) is 6.20 Å². The van der Waals surface area contributed by atoms with Crippen molar-refractivity contribution in [2.75, 3.05) is 5.73 Å². The molecule has 0 spiro atoms. The molecular formula is C7H12N2O2. The maximum Gasteiger partial charge on any atom is 0.227 e. The molecule has 4 nitrogen and oxygen atoms in total. The van der Waals surface area contributed by atoms with Gasteiger partial charge in [0.2, 0.25) is 5.88 Å². The molecule has 4 heteroatoms. The van der Waals surface area contributed by atoms with Gasteiger partial charge in [-0.15, -0.1) is 0 Å². The lowest BCUT2D eigenvalue weighted by atomic mass is 10.3. The molecule has 0 bridgehead atoms. The topological polar surface area (TPSA) is 61.3 Å². The zero-order chi connectivity index (χ0) is 8.27. The lowest BCUT2D eigenvalue weighted by Gasteiger charge is -2.04. The molecule has 0 radical (unpaired) electrons. The van der Waals surface area contributed by atoms with Gasteiger partial charge in [0.05, 0.1) is 24.5 Å². The Morgan fingerprint density at radius 1 is 1.73 bits per heavy atom. The van der Waals surface area contributed by atoms with Crippen molar-refractivity contribution in [1.82, 2.24) is 5.16 Å². The van der Waals surface area contributed by atoms with E-state index in [1.165, 1.54) is 0 Å². The number of nitrogen functional groups attached to an aromatic ring is 1. The second-order valence-electron chi connectivity index (χ2n) is 2.58. The fourth-order valence-electron chi connectivity index (χ4n) is 0.634. The minimum absolute atomic E-state index is 0.198. The monoisotopic (exact) mass is 156 g/mol. The van der Waals surface area contributed by atoms with Gasteiger partial charge >= 0.3 is 0 Å². The number of aromatic nitrogens is 1. The summed E-state index contributed by atoms with van der Waals surface area (Å²) in [6, 6.07) is 0. The van der Waals surface area contributed by atoms with Crippen LogP contribution in [0.25, 0.3) is 0 Å². The predicted octanol–water partition coefficient (Wildman–Crippen LogP) is 1.18. The van der Waals surface area contributed by atoms with Crippen molar-refractivity contribution < 1.29 is 9.26 Å². The van der Waals surface area contributed by atoms with E-state index in [0.29, 0.717) is 12.5 Å². The van der Waals surface area contributed by atoms with Crippen LogP contribution < -0.4 is 5.73 Å². The Labute approximate surface area is 65.3 Å². The van der Waals surface area contributed by atoms with Crippen LogP contribution in [-0.2, 0) is 11.3 Å². The summed E-state index contributed by atoms with van der Waals surface area (Å²) in [5, 5.41) is 3.52. The molecule has 0 saturated heterocycles. The van der Waals surface area contributed by atoms with Crippen molar-refractivity contribution in [1.29, 1.82) is 0 Å². The lowest BCUT2D eigenvalue weighted by Crippen LogP contribution is -2.02. The number of hydrogen-bond donors (Lipinski definition) is 1. The van der Waals surface area contributed by atoms with Gasteiger partial charge in [0.25, 0.3) is 0 Å². The highest BCUT2D eigenvalue weighted by Crippen LogP contribution is 2.11. The molecule has 2 N–H and O–H groups in total. The zero-order valence-corrected chi connectivity index (χ0v) is 6.70. The molecule has 0 amide bonds. The first-order valence-electron chi connectivity index (χ1n) is 3.50. The number of rotatable bonds is 3. The largest absolute Gasteiger partial charge is 0.374 e. The van der Waals surface area contributed by atoms with Crippen molar-refractivity contribution in [3.63, 3.8) is 0 Å². The summed E-state index contributed by atoms with van der Waals surface area (Å²) in [7, 11) is 0. The minimum atomic E-state index is 0.198. The van der Waals surface area contributed by atoms with Gasteiger partial charge in [-0.25, -0.2) is 0 Å². The predicted molar refractivity (Wildman–Crippen MR) is 40.8 cm³/mol. The summed E-state index contributed by atoms with van der Waals surface area (Å²) in [4.78, 5) is 0. The molecule has 62 valence electrons.